The van der Waals surface area contributed by atoms with E-state index in [2.05, 4.69) is 27.2 Å². The van der Waals surface area contributed by atoms with Gasteiger partial charge < -0.3 is 5.32 Å². The molecule has 0 saturated heterocycles. The van der Waals surface area contributed by atoms with E-state index in [1.54, 1.807) is 0 Å². The number of hydrogen-bond donors (Lipinski definition) is 1. The van der Waals surface area contributed by atoms with Gasteiger partial charge in [0.15, 0.2) is 0 Å². The summed E-state index contributed by atoms with van der Waals surface area (Å²) in [6, 6.07) is 0. The van der Waals surface area contributed by atoms with E-state index in [-0.39, 0.29) is 0 Å². The minimum atomic E-state index is 0.543. The molecule has 0 unspecified atom stereocenters. The first-order chi connectivity index (χ1) is 7.85. The summed E-state index contributed by atoms with van der Waals surface area (Å²) in [5.41, 5.74) is 0.543. The molecule has 1 aliphatic carbocycles. The fourth-order valence-electron chi connectivity index (χ4n) is 2.04. The molecule has 0 bridgehead atoms. The first kappa shape index (κ1) is 11.3. The summed E-state index contributed by atoms with van der Waals surface area (Å²) in [7, 11) is 0. The second-order valence-electron chi connectivity index (χ2n) is 4.77. The maximum atomic E-state index is 4.07. The molecule has 1 saturated carbocycles. The normalized spacial score (nSPS) is 17.1. The molecule has 1 fully saturated rings. The average molecular weight is 220 g/mol. The van der Waals surface area contributed by atoms with E-state index in [1.165, 1.54) is 51.2 Å². The lowest BCUT2D eigenvalue weighted by atomic mass is 9.98. The molecule has 4 nitrogen and oxygen atoms in total. The SMILES string of the molecule is CCCCCC1(CNc2ncncn2)CC1. The zero-order chi connectivity index (χ0) is 11.3. The number of hydrogen-bond acceptors (Lipinski definition) is 4. The Labute approximate surface area is 96.9 Å². The second-order valence-corrected chi connectivity index (χ2v) is 4.77. The first-order valence-electron chi connectivity index (χ1n) is 6.20. The topological polar surface area (TPSA) is 50.7 Å². The second kappa shape index (κ2) is 5.23. The molecule has 1 heterocycles. The number of aromatic nitrogens is 3. The molecule has 2 rings (SSSR count). The predicted molar refractivity (Wildman–Crippen MR) is 64.1 cm³/mol. The zero-order valence-electron chi connectivity index (χ0n) is 9.95. The summed E-state index contributed by atoms with van der Waals surface area (Å²) in [4.78, 5) is 11.9. The van der Waals surface area contributed by atoms with E-state index < -0.39 is 0 Å². The van der Waals surface area contributed by atoms with E-state index in [1.807, 2.05) is 0 Å². The molecular formula is C12H20N4. The van der Waals surface area contributed by atoms with E-state index in [4.69, 9.17) is 0 Å². The fraction of sp³-hybridized carbons (Fsp3) is 0.750. The van der Waals surface area contributed by atoms with Crippen molar-refractivity contribution in [2.75, 3.05) is 11.9 Å². The molecule has 1 aromatic heterocycles. The van der Waals surface area contributed by atoms with Crippen molar-refractivity contribution in [2.45, 2.75) is 45.4 Å². The smallest absolute Gasteiger partial charge is 0.225 e. The Kier molecular flexibility index (Phi) is 3.70. The zero-order valence-corrected chi connectivity index (χ0v) is 9.95. The lowest BCUT2D eigenvalue weighted by Crippen LogP contribution is -2.16. The number of nitrogens with one attached hydrogen (secondary N) is 1. The third-order valence-electron chi connectivity index (χ3n) is 3.38. The molecule has 1 aromatic rings. The summed E-state index contributed by atoms with van der Waals surface area (Å²) in [6.07, 6.45) is 11.1. The van der Waals surface area contributed by atoms with Crippen LogP contribution in [0.15, 0.2) is 12.7 Å². The quantitative estimate of drug-likeness (QED) is 0.718. The van der Waals surface area contributed by atoms with Gasteiger partial charge in [0.05, 0.1) is 0 Å². The Morgan fingerprint density at radius 1 is 1.25 bits per heavy atom. The van der Waals surface area contributed by atoms with Gasteiger partial charge in [0.25, 0.3) is 0 Å². The summed E-state index contributed by atoms with van der Waals surface area (Å²) in [6.45, 7) is 3.27. The molecular weight excluding hydrogens is 200 g/mol. The van der Waals surface area contributed by atoms with E-state index in [9.17, 15) is 0 Å². The highest BCUT2D eigenvalue weighted by molar-refractivity contribution is 5.22. The lowest BCUT2D eigenvalue weighted by Gasteiger charge is -2.15. The van der Waals surface area contributed by atoms with Crippen molar-refractivity contribution in [3.05, 3.63) is 12.7 Å². The third kappa shape index (κ3) is 3.15. The van der Waals surface area contributed by atoms with Gasteiger partial charge in [0.1, 0.15) is 12.7 Å². The highest BCUT2D eigenvalue weighted by Crippen LogP contribution is 2.49. The van der Waals surface area contributed by atoms with Crippen LogP contribution in [-0.4, -0.2) is 21.5 Å². The van der Waals surface area contributed by atoms with Crippen molar-refractivity contribution in [3.63, 3.8) is 0 Å². The molecule has 4 heteroatoms. The van der Waals surface area contributed by atoms with Crippen LogP contribution in [0.2, 0.25) is 0 Å². The van der Waals surface area contributed by atoms with Gasteiger partial charge in [-0.25, -0.2) is 15.0 Å². The van der Waals surface area contributed by atoms with Crippen molar-refractivity contribution in [1.82, 2.24) is 15.0 Å². The van der Waals surface area contributed by atoms with Crippen molar-refractivity contribution in [3.8, 4) is 0 Å². The Hall–Kier alpha value is -1.19. The maximum absolute atomic E-state index is 4.07. The predicted octanol–water partition coefficient (Wildman–Crippen LogP) is 2.64. The van der Waals surface area contributed by atoms with Crippen molar-refractivity contribution < 1.29 is 0 Å². The summed E-state index contributed by atoms with van der Waals surface area (Å²) < 4.78 is 0. The fourth-order valence-corrected chi connectivity index (χ4v) is 2.04. The van der Waals surface area contributed by atoms with Crippen LogP contribution in [0, 0.1) is 5.41 Å². The highest BCUT2D eigenvalue weighted by atomic mass is 15.1. The molecule has 0 aliphatic heterocycles. The molecule has 88 valence electrons. The monoisotopic (exact) mass is 220 g/mol. The Morgan fingerprint density at radius 3 is 2.62 bits per heavy atom. The third-order valence-corrected chi connectivity index (χ3v) is 3.38. The Morgan fingerprint density at radius 2 is 2.00 bits per heavy atom. The maximum Gasteiger partial charge on any atom is 0.225 e. The molecule has 1 N–H and O–H groups in total. The lowest BCUT2D eigenvalue weighted by molar-refractivity contribution is 0.459. The van der Waals surface area contributed by atoms with Gasteiger partial charge in [-0.1, -0.05) is 26.2 Å². The molecule has 0 spiro atoms. The minimum absolute atomic E-state index is 0.543. The molecule has 0 aromatic carbocycles. The van der Waals surface area contributed by atoms with E-state index in [0.717, 1.165) is 6.54 Å². The summed E-state index contributed by atoms with van der Waals surface area (Å²) >= 11 is 0. The summed E-state index contributed by atoms with van der Waals surface area (Å²) in [5.74, 6) is 0.705. The average Bonchev–Trinajstić information content (AvgIpc) is 3.09. The molecule has 16 heavy (non-hydrogen) atoms. The van der Waals surface area contributed by atoms with Crippen LogP contribution in [0.3, 0.4) is 0 Å². The van der Waals surface area contributed by atoms with Crippen LogP contribution in [-0.2, 0) is 0 Å². The largest absolute Gasteiger partial charge is 0.354 e. The number of unbranched alkanes of at least 4 members (excludes halogenated alkanes) is 2. The molecule has 0 atom stereocenters. The number of nitrogens with zero attached hydrogens (tertiary/aromatic N) is 3. The van der Waals surface area contributed by atoms with Gasteiger partial charge in [-0.2, -0.15) is 0 Å². The Balaban J connectivity index is 1.73. The van der Waals surface area contributed by atoms with Gasteiger partial charge in [-0.15, -0.1) is 0 Å². The van der Waals surface area contributed by atoms with Gasteiger partial charge in [-0.05, 0) is 24.7 Å². The van der Waals surface area contributed by atoms with Crippen molar-refractivity contribution in [2.24, 2.45) is 5.41 Å². The van der Waals surface area contributed by atoms with Crippen molar-refractivity contribution >= 4 is 5.95 Å². The molecule has 0 amide bonds. The number of rotatable bonds is 7. The van der Waals surface area contributed by atoms with Gasteiger partial charge in [-0.3, -0.25) is 0 Å². The van der Waals surface area contributed by atoms with Crippen LogP contribution < -0.4 is 5.32 Å². The van der Waals surface area contributed by atoms with Crippen LogP contribution in [0.5, 0.6) is 0 Å². The van der Waals surface area contributed by atoms with Gasteiger partial charge in [0.2, 0.25) is 5.95 Å². The van der Waals surface area contributed by atoms with Crippen molar-refractivity contribution in [1.29, 1.82) is 0 Å². The van der Waals surface area contributed by atoms with Gasteiger partial charge >= 0.3 is 0 Å². The summed E-state index contributed by atoms with van der Waals surface area (Å²) in [5, 5.41) is 3.31. The van der Waals surface area contributed by atoms with Crippen LogP contribution >= 0.6 is 0 Å². The minimum Gasteiger partial charge on any atom is -0.354 e. The Bertz CT molecular complexity index is 308. The first-order valence-corrected chi connectivity index (χ1v) is 6.20. The van der Waals surface area contributed by atoms with E-state index >= 15 is 0 Å². The van der Waals surface area contributed by atoms with Crippen LogP contribution in [0.25, 0.3) is 0 Å². The van der Waals surface area contributed by atoms with Crippen LogP contribution in [0.4, 0.5) is 5.95 Å². The standard InChI is InChI=1S/C12H20N4/c1-2-3-4-5-12(6-7-12)8-14-11-15-9-13-10-16-11/h9-10H,2-8H2,1H3,(H,13,14,15,16). The highest BCUT2D eigenvalue weighted by Gasteiger charge is 2.41. The number of anilines is 1. The van der Waals surface area contributed by atoms with Crippen LogP contribution in [0.1, 0.15) is 45.4 Å². The molecule has 1 aliphatic rings. The molecule has 0 radical (unpaired) electrons. The van der Waals surface area contributed by atoms with Gasteiger partial charge in [0, 0.05) is 6.54 Å². The van der Waals surface area contributed by atoms with E-state index in [0.29, 0.717) is 11.4 Å².